The molecule has 8 heteroatoms. The van der Waals surface area contributed by atoms with Crippen LogP contribution in [-0.2, 0) is 6.54 Å². The number of aliphatic imine (C=N–C) groups is 1. The van der Waals surface area contributed by atoms with Gasteiger partial charge in [0.1, 0.15) is 10.8 Å². The second kappa shape index (κ2) is 10.1. The average molecular weight is 486 g/mol. The summed E-state index contributed by atoms with van der Waals surface area (Å²) in [4.78, 5) is 16.8. The maximum Gasteiger partial charge on any atom is 0.191 e. The zero-order chi connectivity index (χ0) is 17.6. The molecule has 3 rings (SSSR count). The van der Waals surface area contributed by atoms with Crippen LogP contribution in [0.4, 0.5) is 5.82 Å². The number of nitrogens with zero attached hydrogens (tertiary/aromatic N) is 4. The highest BCUT2D eigenvalue weighted by molar-refractivity contribution is 14.0. The Bertz CT molecular complexity index is 707. The van der Waals surface area contributed by atoms with Crippen molar-refractivity contribution in [1.82, 2.24) is 20.6 Å². The molecule has 0 saturated carbocycles. The maximum atomic E-state index is 4.53. The van der Waals surface area contributed by atoms with Gasteiger partial charge in [0.15, 0.2) is 5.96 Å². The molecule has 0 spiro atoms. The van der Waals surface area contributed by atoms with Crippen LogP contribution in [0, 0.1) is 13.8 Å². The predicted molar refractivity (Wildman–Crippen MR) is 120 cm³/mol. The number of halogens is 1. The van der Waals surface area contributed by atoms with Crippen LogP contribution >= 0.6 is 35.3 Å². The smallest absolute Gasteiger partial charge is 0.191 e. The molecule has 2 aromatic rings. The summed E-state index contributed by atoms with van der Waals surface area (Å²) in [5.74, 6) is 1.92. The van der Waals surface area contributed by atoms with Gasteiger partial charge in [-0.05, 0) is 38.3 Å². The fourth-order valence-corrected chi connectivity index (χ4v) is 3.66. The molecular weight excluding hydrogens is 459 g/mol. The van der Waals surface area contributed by atoms with Crippen molar-refractivity contribution in [2.75, 3.05) is 25.0 Å². The molecule has 0 bridgehead atoms. The lowest BCUT2D eigenvalue weighted by molar-refractivity contribution is 0.459. The SMILES string of the molecule is CN=C(NCc1ncc(C)s1)NC1CCN(c2ccc(C)cn2)CC1.I. The van der Waals surface area contributed by atoms with Crippen molar-refractivity contribution in [3.8, 4) is 0 Å². The van der Waals surface area contributed by atoms with Gasteiger partial charge in [-0.3, -0.25) is 4.99 Å². The molecule has 2 aromatic heterocycles. The van der Waals surface area contributed by atoms with Crippen LogP contribution in [0.5, 0.6) is 0 Å². The van der Waals surface area contributed by atoms with E-state index in [9.17, 15) is 0 Å². The topological polar surface area (TPSA) is 65.4 Å². The first-order chi connectivity index (χ1) is 12.1. The molecule has 1 fully saturated rings. The number of guanidine groups is 1. The molecule has 26 heavy (non-hydrogen) atoms. The van der Waals surface area contributed by atoms with Gasteiger partial charge in [0.05, 0.1) is 6.54 Å². The van der Waals surface area contributed by atoms with Gasteiger partial charge in [0.2, 0.25) is 0 Å². The zero-order valence-electron chi connectivity index (χ0n) is 15.5. The second-order valence-electron chi connectivity index (χ2n) is 6.39. The molecule has 6 nitrogen and oxygen atoms in total. The Balaban J connectivity index is 0.00000243. The van der Waals surface area contributed by atoms with Crippen LogP contribution in [0.1, 0.15) is 28.3 Å². The predicted octanol–water partition coefficient (Wildman–Crippen LogP) is 3.11. The molecular formula is C18H27IN6S. The number of nitrogens with one attached hydrogen (secondary N) is 2. The normalized spacial score (nSPS) is 15.5. The molecule has 142 valence electrons. The molecule has 0 unspecified atom stereocenters. The number of anilines is 1. The second-order valence-corrected chi connectivity index (χ2v) is 7.71. The Kier molecular flexibility index (Phi) is 8.08. The van der Waals surface area contributed by atoms with Crippen molar-refractivity contribution < 1.29 is 0 Å². The molecule has 2 N–H and O–H groups in total. The van der Waals surface area contributed by atoms with Crippen molar-refractivity contribution >= 4 is 47.1 Å². The minimum absolute atomic E-state index is 0. The van der Waals surface area contributed by atoms with Gasteiger partial charge in [0, 0.05) is 43.4 Å². The quantitative estimate of drug-likeness (QED) is 0.395. The maximum absolute atomic E-state index is 4.53. The van der Waals surface area contributed by atoms with E-state index in [4.69, 9.17) is 0 Å². The summed E-state index contributed by atoms with van der Waals surface area (Å²) < 4.78 is 0. The Labute approximate surface area is 176 Å². The number of aryl methyl sites for hydroxylation is 2. The lowest BCUT2D eigenvalue weighted by Gasteiger charge is -2.33. The Morgan fingerprint density at radius 3 is 2.58 bits per heavy atom. The first-order valence-electron chi connectivity index (χ1n) is 8.70. The molecule has 3 heterocycles. The number of rotatable bonds is 4. The van der Waals surface area contributed by atoms with Crippen molar-refractivity contribution in [3.05, 3.63) is 40.0 Å². The van der Waals surface area contributed by atoms with Crippen LogP contribution < -0.4 is 15.5 Å². The summed E-state index contributed by atoms with van der Waals surface area (Å²) in [6.07, 6.45) is 6.00. The van der Waals surface area contributed by atoms with Crippen LogP contribution in [-0.4, -0.2) is 42.1 Å². The van der Waals surface area contributed by atoms with E-state index in [1.807, 2.05) is 19.4 Å². The average Bonchev–Trinajstić information content (AvgIpc) is 3.05. The van der Waals surface area contributed by atoms with E-state index in [1.165, 1.54) is 10.4 Å². The summed E-state index contributed by atoms with van der Waals surface area (Å²) in [5, 5.41) is 7.97. The van der Waals surface area contributed by atoms with Crippen LogP contribution in [0.2, 0.25) is 0 Å². The van der Waals surface area contributed by atoms with E-state index in [-0.39, 0.29) is 24.0 Å². The summed E-state index contributed by atoms with van der Waals surface area (Å²) in [5.41, 5.74) is 1.20. The van der Waals surface area contributed by atoms with Crippen molar-refractivity contribution in [2.24, 2.45) is 4.99 Å². The number of piperidine rings is 1. The molecule has 1 aliphatic heterocycles. The largest absolute Gasteiger partial charge is 0.356 e. The first kappa shape index (κ1) is 20.9. The molecule has 0 amide bonds. The highest BCUT2D eigenvalue weighted by Crippen LogP contribution is 2.18. The fourth-order valence-electron chi connectivity index (χ4n) is 2.93. The fraction of sp³-hybridized carbons (Fsp3) is 0.500. The highest BCUT2D eigenvalue weighted by atomic mass is 127. The van der Waals surface area contributed by atoms with E-state index in [1.54, 1.807) is 11.3 Å². The number of thiazole rings is 1. The third-order valence-corrected chi connectivity index (χ3v) is 5.27. The molecule has 0 atom stereocenters. The lowest BCUT2D eigenvalue weighted by atomic mass is 10.1. The molecule has 1 aliphatic rings. The Morgan fingerprint density at radius 1 is 1.23 bits per heavy atom. The van der Waals surface area contributed by atoms with E-state index in [0.29, 0.717) is 12.6 Å². The minimum atomic E-state index is 0. The molecule has 0 radical (unpaired) electrons. The summed E-state index contributed by atoms with van der Waals surface area (Å²) >= 11 is 1.72. The van der Waals surface area contributed by atoms with Crippen LogP contribution in [0.3, 0.4) is 0 Å². The number of aromatic nitrogens is 2. The van der Waals surface area contributed by atoms with Gasteiger partial charge < -0.3 is 15.5 Å². The van der Waals surface area contributed by atoms with Gasteiger partial charge >= 0.3 is 0 Å². The lowest BCUT2D eigenvalue weighted by Crippen LogP contribution is -2.48. The third kappa shape index (κ3) is 5.80. The minimum Gasteiger partial charge on any atom is -0.356 e. The number of hydrogen-bond acceptors (Lipinski definition) is 5. The van der Waals surface area contributed by atoms with Gasteiger partial charge in [-0.25, -0.2) is 9.97 Å². The highest BCUT2D eigenvalue weighted by Gasteiger charge is 2.20. The Hall–Kier alpha value is -1.42. The van der Waals surface area contributed by atoms with E-state index < -0.39 is 0 Å². The van der Waals surface area contributed by atoms with Crippen molar-refractivity contribution in [3.63, 3.8) is 0 Å². The number of pyridine rings is 1. The number of hydrogen-bond donors (Lipinski definition) is 2. The monoisotopic (exact) mass is 486 g/mol. The van der Waals surface area contributed by atoms with Crippen molar-refractivity contribution in [2.45, 2.75) is 39.3 Å². The van der Waals surface area contributed by atoms with Gasteiger partial charge in [-0.1, -0.05) is 6.07 Å². The van der Waals surface area contributed by atoms with Crippen molar-refractivity contribution in [1.29, 1.82) is 0 Å². The molecule has 1 saturated heterocycles. The summed E-state index contributed by atoms with van der Waals surface area (Å²) in [7, 11) is 1.81. The standard InChI is InChI=1S/C18H26N6S.HI/c1-13-4-5-16(20-10-13)24-8-6-15(7-9-24)23-18(19-3)22-12-17-21-11-14(2)25-17;/h4-5,10-11,15H,6-9,12H2,1-3H3,(H2,19,22,23);1H. The summed E-state index contributed by atoms with van der Waals surface area (Å²) in [6, 6.07) is 4.67. The van der Waals surface area contributed by atoms with Crippen LogP contribution in [0.25, 0.3) is 0 Å². The van der Waals surface area contributed by atoms with E-state index in [2.05, 4.69) is 56.5 Å². The molecule has 0 aromatic carbocycles. The Morgan fingerprint density at radius 2 is 2.00 bits per heavy atom. The molecule has 0 aliphatic carbocycles. The van der Waals surface area contributed by atoms with E-state index in [0.717, 1.165) is 42.7 Å². The first-order valence-corrected chi connectivity index (χ1v) is 9.52. The zero-order valence-corrected chi connectivity index (χ0v) is 18.7. The van der Waals surface area contributed by atoms with E-state index >= 15 is 0 Å². The summed E-state index contributed by atoms with van der Waals surface area (Å²) in [6.45, 7) is 6.88. The van der Waals surface area contributed by atoms with Gasteiger partial charge in [0.25, 0.3) is 0 Å². The van der Waals surface area contributed by atoms with Gasteiger partial charge in [-0.15, -0.1) is 35.3 Å². The van der Waals surface area contributed by atoms with Crippen LogP contribution in [0.15, 0.2) is 29.5 Å². The van der Waals surface area contributed by atoms with Gasteiger partial charge in [-0.2, -0.15) is 0 Å². The third-order valence-electron chi connectivity index (χ3n) is 4.36.